The zero-order valence-electron chi connectivity index (χ0n) is 19.9. The van der Waals surface area contributed by atoms with Gasteiger partial charge < -0.3 is 9.84 Å². The molecule has 1 N–H and O–H groups in total. The summed E-state index contributed by atoms with van der Waals surface area (Å²) in [4.78, 5) is 16.2. The molecule has 2 aliphatic rings. The third-order valence-electron chi connectivity index (χ3n) is 7.31. The highest BCUT2D eigenvalue weighted by Gasteiger charge is 2.42. The molecule has 0 aliphatic carbocycles. The molecule has 1 aromatic heterocycles. The minimum atomic E-state index is -0.875. The number of fused-ring (bicyclic) bond motifs is 2. The Bertz CT molecular complexity index is 1320. The minimum Gasteiger partial charge on any atom is -0.478 e. The Labute approximate surface area is 215 Å². The van der Waals surface area contributed by atoms with E-state index < -0.39 is 5.97 Å². The van der Waals surface area contributed by atoms with Gasteiger partial charge in [-0.2, -0.15) is 11.3 Å². The smallest absolute Gasteiger partial charge is 0.335 e. The molecule has 2 fully saturated rings. The summed E-state index contributed by atoms with van der Waals surface area (Å²) < 4.78 is 6.07. The van der Waals surface area contributed by atoms with Gasteiger partial charge in [0.1, 0.15) is 11.5 Å². The van der Waals surface area contributed by atoms with Crippen LogP contribution in [0, 0.1) is 0 Å². The number of likely N-dealkylation sites (tertiary alicyclic amines) is 2. The summed E-state index contributed by atoms with van der Waals surface area (Å²) in [5.41, 5.74) is 5.27. The third-order valence-corrected chi connectivity index (χ3v) is 7.99. The van der Waals surface area contributed by atoms with Crippen LogP contribution in [0.5, 0.6) is 11.5 Å². The molecule has 2 aliphatic heterocycles. The highest BCUT2D eigenvalue weighted by Crippen LogP contribution is 2.33. The molecule has 0 saturated carbocycles. The zero-order valence-corrected chi connectivity index (χ0v) is 20.7. The fourth-order valence-corrected chi connectivity index (χ4v) is 6.05. The number of carboxylic acids is 1. The van der Waals surface area contributed by atoms with Crippen molar-refractivity contribution in [3.05, 3.63) is 106 Å². The molecule has 4 aromatic rings. The lowest BCUT2D eigenvalue weighted by molar-refractivity contribution is 0.0697. The molecule has 2 bridgehead atoms. The molecule has 36 heavy (non-hydrogen) atoms. The van der Waals surface area contributed by atoms with Crippen molar-refractivity contribution in [3.63, 3.8) is 0 Å². The summed E-state index contributed by atoms with van der Waals surface area (Å²) in [7, 11) is 0. The number of ether oxygens (including phenoxy) is 1. The van der Waals surface area contributed by atoms with Crippen molar-refractivity contribution < 1.29 is 14.6 Å². The fraction of sp³-hybridized carbons (Fsp3) is 0.233. The number of hydrogen-bond donors (Lipinski definition) is 1. The van der Waals surface area contributed by atoms with Crippen LogP contribution in [0.15, 0.2) is 89.6 Å². The molecule has 182 valence electrons. The van der Waals surface area contributed by atoms with Gasteiger partial charge in [-0.1, -0.05) is 36.4 Å². The zero-order chi connectivity index (χ0) is 24.5. The van der Waals surface area contributed by atoms with Gasteiger partial charge in [0.2, 0.25) is 0 Å². The molecule has 0 radical (unpaired) electrons. The molecule has 6 heteroatoms. The van der Waals surface area contributed by atoms with E-state index >= 15 is 0 Å². The van der Waals surface area contributed by atoms with Crippen molar-refractivity contribution in [1.29, 1.82) is 0 Å². The van der Waals surface area contributed by atoms with Gasteiger partial charge in [-0.25, -0.2) is 4.79 Å². The molecule has 0 spiro atoms. The molecule has 2 saturated heterocycles. The lowest BCUT2D eigenvalue weighted by Gasteiger charge is -2.34. The monoisotopic (exact) mass is 496 g/mol. The first-order chi connectivity index (χ1) is 17.6. The average Bonchev–Trinajstić information content (AvgIpc) is 3.65. The van der Waals surface area contributed by atoms with E-state index in [0.29, 0.717) is 17.6 Å². The van der Waals surface area contributed by atoms with Crippen molar-refractivity contribution in [2.24, 2.45) is 0 Å². The van der Waals surface area contributed by atoms with Crippen LogP contribution in [0.4, 0.5) is 0 Å². The van der Waals surface area contributed by atoms with Gasteiger partial charge >= 0.3 is 5.97 Å². The van der Waals surface area contributed by atoms with E-state index in [1.165, 1.54) is 28.7 Å². The van der Waals surface area contributed by atoms with Crippen LogP contribution in [0.1, 0.15) is 27.9 Å². The van der Waals surface area contributed by atoms with Gasteiger partial charge in [0.15, 0.2) is 0 Å². The van der Waals surface area contributed by atoms with Gasteiger partial charge in [-0.05, 0) is 81.9 Å². The maximum absolute atomic E-state index is 11.1. The molecule has 3 aromatic carbocycles. The molecule has 0 amide bonds. The Hall–Kier alpha value is -3.45. The van der Waals surface area contributed by atoms with Crippen LogP contribution in [-0.2, 0) is 13.1 Å². The van der Waals surface area contributed by atoms with Crippen LogP contribution in [0.25, 0.3) is 11.1 Å². The topological polar surface area (TPSA) is 53.0 Å². The molecule has 5 nitrogen and oxygen atoms in total. The number of benzene rings is 3. The van der Waals surface area contributed by atoms with Gasteiger partial charge in [-0.15, -0.1) is 0 Å². The highest BCUT2D eigenvalue weighted by atomic mass is 32.1. The molecular weight excluding hydrogens is 468 g/mol. The largest absolute Gasteiger partial charge is 0.478 e. The predicted molar refractivity (Wildman–Crippen MR) is 143 cm³/mol. The van der Waals surface area contributed by atoms with E-state index in [0.717, 1.165) is 37.7 Å². The van der Waals surface area contributed by atoms with E-state index in [1.807, 2.05) is 24.3 Å². The van der Waals surface area contributed by atoms with Crippen molar-refractivity contribution in [3.8, 4) is 22.6 Å². The summed E-state index contributed by atoms with van der Waals surface area (Å²) in [6.45, 7) is 3.98. The quantitative estimate of drug-likeness (QED) is 0.307. The number of aromatic carboxylic acids is 1. The van der Waals surface area contributed by atoms with Gasteiger partial charge in [0, 0.05) is 38.3 Å². The summed E-state index contributed by atoms with van der Waals surface area (Å²) in [6, 6.07) is 27.2. The van der Waals surface area contributed by atoms with Crippen LogP contribution >= 0.6 is 11.3 Å². The summed E-state index contributed by atoms with van der Waals surface area (Å²) in [5, 5.41) is 13.3. The third kappa shape index (κ3) is 4.93. The lowest BCUT2D eigenvalue weighted by Crippen LogP contribution is -2.45. The number of carbonyl (C=O) groups is 1. The van der Waals surface area contributed by atoms with Crippen molar-refractivity contribution in [2.75, 3.05) is 13.1 Å². The Kier molecular flexibility index (Phi) is 6.32. The summed E-state index contributed by atoms with van der Waals surface area (Å²) >= 11 is 1.71. The number of rotatable bonds is 8. The van der Waals surface area contributed by atoms with E-state index in [9.17, 15) is 4.79 Å². The SMILES string of the molecule is O=C(O)c1ccc(CN2C[C@@H]3C[C@H]2CN3Cc2ccc(Oc3ccc(-c4ccsc4)cc3)cc2)cc1. The first-order valence-corrected chi connectivity index (χ1v) is 13.2. The Morgan fingerprint density at radius 2 is 1.33 bits per heavy atom. The van der Waals surface area contributed by atoms with E-state index in [1.54, 1.807) is 23.5 Å². The number of thiophene rings is 1. The van der Waals surface area contributed by atoms with Crippen molar-refractivity contribution in [1.82, 2.24) is 9.80 Å². The normalized spacial score (nSPS) is 19.6. The molecule has 0 unspecified atom stereocenters. The number of hydrogen-bond acceptors (Lipinski definition) is 5. The molecular formula is C30H28N2O3S. The van der Waals surface area contributed by atoms with E-state index in [2.05, 4.69) is 63.0 Å². The van der Waals surface area contributed by atoms with Gasteiger partial charge in [0.05, 0.1) is 5.56 Å². The molecule has 2 atom stereocenters. The van der Waals surface area contributed by atoms with Crippen molar-refractivity contribution in [2.45, 2.75) is 31.6 Å². The summed E-state index contributed by atoms with van der Waals surface area (Å²) in [5.74, 6) is 0.821. The predicted octanol–water partition coefficient (Wildman–Crippen LogP) is 6.36. The first kappa shape index (κ1) is 23.0. The minimum absolute atomic E-state index is 0.344. The molecule has 3 heterocycles. The second-order valence-electron chi connectivity index (χ2n) is 9.69. The summed E-state index contributed by atoms with van der Waals surface area (Å²) in [6.07, 6.45) is 1.20. The van der Waals surface area contributed by atoms with Crippen LogP contribution in [0.2, 0.25) is 0 Å². The van der Waals surface area contributed by atoms with Crippen LogP contribution in [-0.4, -0.2) is 46.0 Å². The number of carboxylic acid groups (broad SMARTS) is 1. The molecule has 6 rings (SSSR count). The first-order valence-electron chi connectivity index (χ1n) is 12.3. The Morgan fingerprint density at radius 3 is 1.83 bits per heavy atom. The second-order valence-corrected chi connectivity index (χ2v) is 10.5. The lowest BCUT2D eigenvalue weighted by atomic mass is 10.1. The number of piperazine rings is 1. The van der Waals surface area contributed by atoms with Crippen LogP contribution in [0.3, 0.4) is 0 Å². The standard InChI is InChI=1S/C30H28N2O3S/c33-30(34)24-5-1-21(2-6-24)16-31-18-27-15-26(31)19-32(27)17-22-3-9-28(10-4-22)35-29-11-7-23(8-12-29)25-13-14-36-20-25/h1-14,20,26-27H,15-19H2,(H,33,34)/t26-,27-/m0/s1. The van der Waals surface area contributed by atoms with Crippen molar-refractivity contribution >= 4 is 17.3 Å². The Morgan fingerprint density at radius 1 is 0.778 bits per heavy atom. The van der Waals surface area contributed by atoms with Gasteiger partial charge in [-0.3, -0.25) is 9.80 Å². The maximum atomic E-state index is 11.1. The highest BCUT2D eigenvalue weighted by molar-refractivity contribution is 7.08. The van der Waals surface area contributed by atoms with Gasteiger partial charge in [0.25, 0.3) is 0 Å². The fourth-order valence-electron chi connectivity index (χ4n) is 5.38. The van der Waals surface area contributed by atoms with E-state index in [4.69, 9.17) is 9.84 Å². The maximum Gasteiger partial charge on any atom is 0.335 e. The number of nitrogens with zero attached hydrogens (tertiary/aromatic N) is 2. The Balaban J connectivity index is 1.01. The second kappa shape index (κ2) is 9.90. The average molecular weight is 497 g/mol. The van der Waals surface area contributed by atoms with E-state index in [-0.39, 0.29) is 0 Å². The van der Waals surface area contributed by atoms with Crippen LogP contribution < -0.4 is 4.74 Å².